The van der Waals surface area contributed by atoms with Gasteiger partial charge >= 0.3 is 6.18 Å². The Bertz CT molecular complexity index is 867. The van der Waals surface area contributed by atoms with Gasteiger partial charge in [-0.05, 0) is 49.5 Å². The lowest BCUT2D eigenvalue weighted by molar-refractivity contribution is -0.547. The fourth-order valence-corrected chi connectivity index (χ4v) is 4.90. The SMILES string of the molecule is COc1ccc2c(c1)[C@@H](C1=C(N3CCOCC3)CCCC1)[C@H]([N+](=O)[O-])[C@@H](C(F)(F)F)O2. The first-order chi connectivity index (χ1) is 14.8. The number of halogens is 3. The van der Waals surface area contributed by atoms with Crippen LogP contribution >= 0.6 is 0 Å². The maximum absolute atomic E-state index is 13.9. The van der Waals surface area contributed by atoms with Crippen molar-refractivity contribution in [1.82, 2.24) is 4.90 Å². The summed E-state index contributed by atoms with van der Waals surface area (Å²) in [6.45, 7) is 2.30. The van der Waals surface area contributed by atoms with Crippen LogP contribution in [0.25, 0.3) is 0 Å². The fourth-order valence-electron chi connectivity index (χ4n) is 4.90. The van der Waals surface area contributed by atoms with Crippen LogP contribution in [0.5, 0.6) is 11.5 Å². The number of allylic oxidation sites excluding steroid dienone is 1. The minimum atomic E-state index is -4.87. The molecule has 0 saturated carbocycles. The largest absolute Gasteiger partial charge is 0.497 e. The van der Waals surface area contributed by atoms with Gasteiger partial charge < -0.3 is 19.1 Å². The van der Waals surface area contributed by atoms with Crippen LogP contribution in [0, 0.1) is 10.1 Å². The van der Waals surface area contributed by atoms with Crippen molar-refractivity contribution < 1.29 is 32.3 Å². The maximum Gasteiger partial charge on any atom is 0.432 e. The van der Waals surface area contributed by atoms with E-state index in [1.807, 2.05) is 0 Å². The van der Waals surface area contributed by atoms with E-state index in [2.05, 4.69) is 4.90 Å². The summed E-state index contributed by atoms with van der Waals surface area (Å²) in [6.07, 6.45) is -4.51. The van der Waals surface area contributed by atoms with E-state index in [4.69, 9.17) is 14.2 Å². The number of hydrogen-bond acceptors (Lipinski definition) is 6. The third kappa shape index (κ3) is 4.17. The van der Waals surface area contributed by atoms with E-state index in [1.165, 1.54) is 19.2 Å². The highest BCUT2D eigenvalue weighted by atomic mass is 19.4. The molecule has 3 atom stereocenters. The van der Waals surface area contributed by atoms with Gasteiger partial charge in [0.25, 0.3) is 12.1 Å². The second kappa shape index (κ2) is 8.57. The van der Waals surface area contributed by atoms with Crippen LogP contribution in [0.4, 0.5) is 13.2 Å². The van der Waals surface area contributed by atoms with Gasteiger partial charge in [0, 0.05) is 29.3 Å². The van der Waals surface area contributed by atoms with Crippen molar-refractivity contribution in [1.29, 1.82) is 0 Å². The van der Waals surface area contributed by atoms with Gasteiger partial charge in [-0.2, -0.15) is 13.2 Å². The van der Waals surface area contributed by atoms with E-state index in [9.17, 15) is 23.3 Å². The number of nitro groups is 1. The molecule has 0 radical (unpaired) electrons. The standard InChI is InChI=1S/C21H25F3N2O5/c1-29-13-6-7-17-15(12-13)18(19(26(27)28)20(31-17)21(22,23)24)14-4-2-3-5-16(14)25-8-10-30-11-9-25/h6-7,12,18-20H,2-5,8-11H2,1H3/t18-,19+,20+/m1/s1. The lowest BCUT2D eigenvalue weighted by Crippen LogP contribution is -2.54. The summed E-state index contributed by atoms with van der Waals surface area (Å²) in [5, 5.41) is 12.0. The number of benzene rings is 1. The third-order valence-corrected chi connectivity index (χ3v) is 6.27. The van der Waals surface area contributed by atoms with Crippen LogP contribution in [0.2, 0.25) is 0 Å². The number of ether oxygens (including phenoxy) is 3. The number of alkyl halides is 3. The molecule has 31 heavy (non-hydrogen) atoms. The third-order valence-electron chi connectivity index (χ3n) is 6.27. The minimum absolute atomic E-state index is 0.0191. The van der Waals surface area contributed by atoms with Crippen molar-refractivity contribution in [3.63, 3.8) is 0 Å². The molecular weight excluding hydrogens is 417 g/mol. The van der Waals surface area contributed by atoms with Crippen molar-refractivity contribution in [2.75, 3.05) is 33.4 Å². The van der Waals surface area contributed by atoms with Gasteiger partial charge in [0.2, 0.25) is 0 Å². The molecular formula is C21H25F3N2O5. The molecule has 0 bridgehead atoms. The van der Waals surface area contributed by atoms with Crippen molar-refractivity contribution in [2.45, 2.75) is 49.9 Å². The normalized spacial score (nSPS) is 26.8. The van der Waals surface area contributed by atoms with Crippen LogP contribution in [0.3, 0.4) is 0 Å². The molecule has 0 unspecified atom stereocenters. The van der Waals surface area contributed by atoms with Gasteiger partial charge in [0.1, 0.15) is 11.5 Å². The van der Waals surface area contributed by atoms with Crippen molar-refractivity contribution in [3.05, 3.63) is 45.1 Å². The molecule has 1 aliphatic carbocycles. The molecule has 0 aromatic heterocycles. The Morgan fingerprint density at radius 2 is 1.90 bits per heavy atom. The Balaban J connectivity index is 1.90. The number of fused-ring (bicyclic) bond motifs is 1. The van der Waals surface area contributed by atoms with E-state index in [0.717, 1.165) is 18.5 Å². The minimum Gasteiger partial charge on any atom is -0.497 e. The van der Waals surface area contributed by atoms with Crippen molar-refractivity contribution in [2.24, 2.45) is 0 Å². The molecule has 7 nitrogen and oxygen atoms in total. The van der Waals surface area contributed by atoms with E-state index in [0.29, 0.717) is 56.0 Å². The molecule has 0 spiro atoms. The molecule has 0 N–H and O–H groups in total. The zero-order chi connectivity index (χ0) is 22.2. The highest BCUT2D eigenvalue weighted by Gasteiger charge is 2.60. The van der Waals surface area contributed by atoms with Crippen LogP contribution in [0.1, 0.15) is 37.2 Å². The van der Waals surface area contributed by atoms with Crippen LogP contribution < -0.4 is 9.47 Å². The summed E-state index contributed by atoms with van der Waals surface area (Å²) in [7, 11) is 1.45. The van der Waals surface area contributed by atoms with Gasteiger partial charge in [0.15, 0.2) is 0 Å². The summed E-state index contributed by atoms with van der Waals surface area (Å²) < 4.78 is 57.5. The number of nitrogens with zero attached hydrogens (tertiary/aromatic N) is 2. The highest BCUT2D eigenvalue weighted by molar-refractivity contribution is 5.49. The molecule has 0 amide bonds. The van der Waals surface area contributed by atoms with Crippen molar-refractivity contribution in [3.8, 4) is 11.5 Å². The molecule has 1 fully saturated rings. The average molecular weight is 442 g/mol. The zero-order valence-electron chi connectivity index (χ0n) is 17.2. The Hall–Kier alpha value is -2.49. The quantitative estimate of drug-likeness (QED) is 0.520. The van der Waals surface area contributed by atoms with E-state index in [1.54, 1.807) is 6.07 Å². The lowest BCUT2D eigenvalue weighted by atomic mass is 9.75. The summed E-state index contributed by atoms with van der Waals surface area (Å²) in [4.78, 5) is 13.3. The number of methoxy groups -OCH3 is 1. The van der Waals surface area contributed by atoms with Crippen LogP contribution in [-0.4, -0.2) is 61.6 Å². The lowest BCUT2D eigenvalue weighted by Gasteiger charge is -2.41. The maximum atomic E-state index is 13.9. The summed E-state index contributed by atoms with van der Waals surface area (Å²) in [5.41, 5.74) is 2.01. The molecule has 1 aromatic carbocycles. The molecule has 1 saturated heterocycles. The average Bonchev–Trinajstić information content (AvgIpc) is 2.77. The molecule has 10 heteroatoms. The predicted octanol–water partition coefficient (Wildman–Crippen LogP) is 3.91. The number of morpholine rings is 1. The van der Waals surface area contributed by atoms with Gasteiger partial charge in [-0.25, -0.2) is 0 Å². The number of rotatable bonds is 4. The van der Waals surface area contributed by atoms with E-state index in [-0.39, 0.29) is 5.75 Å². The molecule has 2 heterocycles. The van der Waals surface area contributed by atoms with Crippen LogP contribution in [-0.2, 0) is 4.74 Å². The Morgan fingerprint density at radius 3 is 2.55 bits per heavy atom. The smallest absolute Gasteiger partial charge is 0.432 e. The van der Waals surface area contributed by atoms with Gasteiger partial charge in [-0.3, -0.25) is 10.1 Å². The summed E-state index contributed by atoms with van der Waals surface area (Å²) in [5.74, 6) is -0.603. The molecule has 170 valence electrons. The first-order valence-electron chi connectivity index (χ1n) is 10.4. The first-order valence-corrected chi connectivity index (χ1v) is 10.4. The van der Waals surface area contributed by atoms with Gasteiger partial charge in [0.05, 0.1) is 26.2 Å². The molecule has 1 aromatic rings. The zero-order valence-corrected chi connectivity index (χ0v) is 17.2. The summed E-state index contributed by atoms with van der Waals surface area (Å²) in [6, 6.07) is 2.52. The Morgan fingerprint density at radius 1 is 1.19 bits per heavy atom. The molecule has 4 rings (SSSR count). The monoisotopic (exact) mass is 442 g/mol. The summed E-state index contributed by atoms with van der Waals surface area (Å²) >= 11 is 0. The van der Waals surface area contributed by atoms with Crippen LogP contribution in [0.15, 0.2) is 29.5 Å². The van der Waals surface area contributed by atoms with Crippen molar-refractivity contribution >= 4 is 0 Å². The topological polar surface area (TPSA) is 74.1 Å². The van der Waals surface area contributed by atoms with E-state index < -0.39 is 29.2 Å². The number of hydrogen-bond donors (Lipinski definition) is 0. The first kappa shape index (κ1) is 21.7. The second-order valence-corrected chi connectivity index (χ2v) is 8.02. The highest BCUT2D eigenvalue weighted by Crippen LogP contribution is 2.50. The Labute approximate surface area is 177 Å². The van der Waals surface area contributed by atoms with Gasteiger partial charge in [-0.1, -0.05) is 0 Å². The Kier molecular flexibility index (Phi) is 6.00. The molecule has 2 aliphatic heterocycles. The second-order valence-electron chi connectivity index (χ2n) is 8.02. The van der Waals surface area contributed by atoms with Gasteiger partial charge in [-0.15, -0.1) is 0 Å². The predicted molar refractivity (Wildman–Crippen MR) is 105 cm³/mol. The molecule has 3 aliphatic rings. The fraction of sp³-hybridized carbons (Fsp3) is 0.619. The van der Waals surface area contributed by atoms with E-state index >= 15 is 0 Å².